The summed E-state index contributed by atoms with van der Waals surface area (Å²) in [6, 6.07) is 3.84. The van der Waals surface area contributed by atoms with Crippen LogP contribution in [0.5, 0.6) is 5.75 Å². The first-order valence-corrected chi connectivity index (χ1v) is 10.7. The lowest BCUT2D eigenvalue weighted by molar-refractivity contribution is 0.0313. The predicted octanol–water partition coefficient (Wildman–Crippen LogP) is 3.06. The topological polar surface area (TPSA) is 91.6 Å². The molecule has 4 rings (SSSR count). The fraction of sp³-hybridized carbons (Fsp3) is 0.409. The van der Waals surface area contributed by atoms with E-state index in [0.29, 0.717) is 12.1 Å². The van der Waals surface area contributed by atoms with Gasteiger partial charge in [0.05, 0.1) is 6.04 Å². The Hall–Kier alpha value is -2.87. The standard InChI is InChI=1S/C22H23ClFN3O4/c1-2-14-4-3-5-15-10-26-11-16(19(28)20(29)18(26)22(31)27(14)15)21(30)25-9-12-6-7-13(24)8-17(12)23/h6-8,11,14-15,29H,2-5,9-10H2,1H3,(H,25,30)/t14-,15-/m1/s1. The fourth-order valence-corrected chi connectivity index (χ4v) is 4.78. The summed E-state index contributed by atoms with van der Waals surface area (Å²) in [6.07, 6.45) is 4.87. The number of nitrogens with zero attached hydrogens (tertiary/aromatic N) is 2. The van der Waals surface area contributed by atoms with Gasteiger partial charge in [-0.2, -0.15) is 0 Å². The van der Waals surface area contributed by atoms with Gasteiger partial charge in [0.15, 0.2) is 11.4 Å². The molecule has 0 bridgehead atoms. The molecule has 2 aromatic rings. The maximum atomic E-state index is 13.2. The largest absolute Gasteiger partial charge is 0.503 e. The Morgan fingerprint density at radius 2 is 2.10 bits per heavy atom. The molecule has 0 saturated carbocycles. The molecule has 3 heterocycles. The van der Waals surface area contributed by atoms with E-state index in [4.69, 9.17) is 11.6 Å². The van der Waals surface area contributed by atoms with Crippen LogP contribution in [0.2, 0.25) is 5.02 Å². The second-order valence-electron chi connectivity index (χ2n) is 8.00. The molecule has 2 atom stereocenters. The Morgan fingerprint density at radius 1 is 1.32 bits per heavy atom. The summed E-state index contributed by atoms with van der Waals surface area (Å²) in [7, 11) is 0. The van der Waals surface area contributed by atoms with Gasteiger partial charge in [-0.15, -0.1) is 0 Å². The number of amides is 2. The van der Waals surface area contributed by atoms with E-state index in [0.717, 1.165) is 31.7 Å². The molecular weight excluding hydrogens is 425 g/mol. The Bertz CT molecular complexity index is 1120. The van der Waals surface area contributed by atoms with E-state index in [9.17, 15) is 23.9 Å². The van der Waals surface area contributed by atoms with Crippen molar-refractivity contribution in [3.05, 3.63) is 62.3 Å². The Labute approximate surface area is 183 Å². The number of hydrogen-bond donors (Lipinski definition) is 2. The number of aromatic nitrogens is 1. The zero-order valence-electron chi connectivity index (χ0n) is 17.0. The highest BCUT2D eigenvalue weighted by Crippen LogP contribution is 2.33. The molecule has 31 heavy (non-hydrogen) atoms. The van der Waals surface area contributed by atoms with Gasteiger partial charge in [0.25, 0.3) is 11.8 Å². The number of aromatic hydroxyl groups is 1. The first-order valence-electron chi connectivity index (χ1n) is 10.3. The van der Waals surface area contributed by atoms with Crippen LogP contribution in [0.15, 0.2) is 29.2 Å². The summed E-state index contributed by atoms with van der Waals surface area (Å²) in [4.78, 5) is 40.3. The molecule has 7 nitrogen and oxygen atoms in total. The van der Waals surface area contributed by atoms with Crippen molar-refractivity contribution in [2.75, 3.05) is 0 Å². The number of rotatable bonds is 4. The highest BCUT2D eigenvalue weighted by Gasteiger charge is 2.40. The van der Waals surface area contributed by atoms with Gasteiger partial charge in [0.2, 0.25) is 5.43 Å². The maximum Gasteiger partial charge on any atom is 0.275 e. The van der Waals surface area contributed by atoms with Crippen LogP contribution >= 0.6 is 11.6 Å². The molecule has 2 aliphatic rings. The van der Waals surface area contributed by atoms with Crippen LogP contribution < -0.4 is 10.7 Å². The van der Waals surface area contributed by atoms with Crippen molar-refractivity contribution in [2.45, 2.75) is 57.8 Å². The number of carbonyl (C=O) groups is 2. The van der Waals surface area contributed by atoms with Crippen LogP contribution in [0, 0.1) is 5.82 Å². The summed E-state index contributed by atoms with van der Waals surface area (Å²) < 4.78 is 14.7. The molecule has 2 amide bonds. The van der Waals surface area contributed by atoms with Crippen molar-refractivity contribution in [3.63, 3.8) is 0 Å². The number of piperidine rings is 1. The Morgan fingerprint density at radius 3 is 2.81 bits per heavy atom. The first kappa shape index (κ1) is 21.4. The van der Waals surface area contributed by atoms with E-state index in [1.807, 2.05) is 6.92 Å². The van der Waals surface area contributed by atoms with Crippen LogP contribution in [-0.4, -0.2) is 38.5 Å². The monoisotopic (exact) mass is 447 g/mol. The van der Waals surface area contributed by atoms with Gasteiger partial charge in [-0.05, 0) is 43.4 Å². The average Bonchev–Trinajstić information content (AvgIpc) is 2.74. The van der Waals surface area contributed by atoms with Crippen molar-refractivity contribution >= 4 is 23.4 Å². The van der Waals surface area contributed by atoms with Crippen molar-refractivity contribution in [3.8, 4) is 5.75 Å². The fourth-order valence-electron chi connectivity index (χ4n) is 4.54. The summed E-state index contributed by atoms with van der Waals surface area (Å²) in [5.41, 5.74) is -0.744. The molecule has 0 aliphatic carbocycles. The smallest absolute Gasteiger partial charge is 0.275 e. The summed E-state index contributed by atoms with van der Waals surface area (Å²) in [5.74, 6) is -2.29. The molecule has 1 aromatic heterocycles. The molecule has 2 N–H and O–H groups in total. The third kappa shape index (κ3) is 3.80. The number of fused-ring (bicyclic) bond motifs is 2. The molecule has 164 valence electrons. The van der Waals surface area contributed by atoms with Crippen LogP contribution in [-0.2, 0) is 13.1 Å². The van der Waals surface area contributed by atoms with Crippen molar-refractivity contribution in [2.24, 2.45) is 0 Å². The van der Waals surface area contributed by atoms with Gasteiger partial charge in [0, 0.05) is 30.4 Å². The van der Waals surface area contributed by atoms with E-state index in [1.165, 1.54) is 22.9 Å². The molecule has 0 unspecified atom stereocenters. The summed E-state index contributed by atoms with van der Waals surface area (Å²) >= 11 is 5.98. The molecule has 9 heteroatoms. The third-order valence-electron chi connectivity index (χ3n) is 6.13. The summed E-state index contributed by atoms with van der Waals surface area (Å²) in [5, 5.41) is 13.2. The quantitative estimate of drug-likeness (QED) is 0.753. The van der Waals surface area contributed by atoms with Crippen molar-refractivity contribution in [1.29, 1.82) is 0 Å². The number of benzene rings is 1. The Balaban J connectivity index is 1.63. The third-order valence-corrected chi connectivity index (χ3v) is 6.48. The molecule has 1 saturated heterocycles. The number of carbonyl (C=O) groups excluding carboxylic acids is 2. The first-order chi connectivity index (χ1) is 14.8. The zero-order chi connectivity index (χ0) is 22.3. The van der Waals surface area contributed by atoms with Gasteiger partial charge in [0.1, 0.15) is 11.4 Å². The number of pyridine rings is 1. The van der Waals surface area contributed by atoms with Gasteiger partial charge >= 0.3 is 0 Å². The molecule has 0 radical (unpaired) electrons. The van der Waals surface area contributed by atoms with Gasteiger partial charge in [-0.25, -0.2) is 4.39 Å². The second-order valence-corrected chi connectivity index (χ2v) is 8.41. The molecule has 1 fully saturated rings. The lowest BCUT2D eigenvalue weighted by Gasteiger charge is -2.45. The highest BCUT2D eigenvalue weighted by molar-refractivity contribution is 6.31. The van der Waals surface area contributed by atoms with Gasteiger partial charge < -0.3 is 19.9 Å². The predicted molar refractivity (Wildman–Crippen MR) is 113 cm³/mol. The molecule has 2 aliphatic heterocycles. The van der Waals surface area contributed by atoms with Gasteiger partial charge in [-0.1, -0.05) is 24.6 Å². The van der Waals surface area contributed by atoms with Crippen molar-refractivity contribution in [1.82, 2.24) is 14.8 Å². The number of halogens is 2. The molecule has 0 spiro atoms. The average molecular weight is 448 g/mol. The second kappa shape index (κ2) is 8.34. The SMILES string of the molecule is CC[C@@H]1CCC[C@@H]2Cn3cc(C(=O)NCc4ccc(F)cc4Cl)c(=O)c(O)c3C(=O)N12. The van der Waals surface area contributed by atoms with E-state index >= 15 is 0 Å². The lowest BCUT2D eigenvalue weighted by atomic mass is 9.91. The van der Waals surface area contributed by atoms with E-state index in [2.05, 4.69) is 5.32 Å². The minimum Gasteiger partial charge on any atom is -0.503 e. The van der Waals surface area contributed by atoms with Crippen LogP contribution in [0.1, 0.15) is 59.0 Å². The van der Waals surface area contributed by atoms with E-state index in [1.54, 1.807) is 4.90 Å². The van der Waals surface area contributed by atoms with Crippen molar-refractivity contribution < 1.29 is 19.1 Å². The van der Waals surface area contributed by atoms with E-state index in [-0.39, 0.29) is 40.8 Å². The van der Waals surface area contributed by atoms with Crippen LogP contribution in [0.3, 0.4) is 0 Å². The van der Waals surface area contributed by atoms with E-state index < -0.39 is 22.9 Å². The zero-order valence-corrected chi connectivity index (χ0v) is 17.8. The van der Waals surface area contributed by atoms with Crippen LogP contribution in [0.4, 0.5) is 4.39 Å². The maximum absolute atomic E-state index is 13.2. The van der Waals surface area contributed by atoms with Crippen LogP contribution in [0.25, 0.3) is 0 Å². The highest BCUT2D eigenvalue weighted by atomic mass is 35.5. The Kier molecular flexibility index (Phi) is 5.75. The normalized spacial score (nSPS) is 20.2. The molecule has 1 aromatic carbocycles. The van der Waals surface area contributed by atoms with Gasteiger partial charge in [-0.3, -0.25) is 14.4 Å². The molecular formula is C22H23ClFN3O4. The number of hydrogen-bond acceptors (Lipinski definition) is 4. The minimum absolute atomic E-state index is 0.0204. The summed E-state index contributed by atoms with van der Waals surface area (Å²) in [6.45, 7) is 2.41. The number of nitrogens with one attached hydrogen (secondary N) is 1. The minimum atomic E-state index is -0.897. The lowest BCUT2D eigenvalue weighted by Crippen LogP contribution is -2.55.